The summed E-state index contributed by atoms with van der Waals surface area (Å²) in [5.41, 5.74) is 3.34. The molecule has 1 rings (SSSR count). The van der Waals surface area contributed by atoms with Crippen molar-refractivity contribution < 1.29 is 14.3 Å². The van der Waals surface area contributed by atoms with E-state index in [1.165, 1.54) is 7.11 Å². The van der Waals surface area contributed by atoms with E-state index in [0.717, 1.165) is 21.2 Å². The highest BCUT2D eigenvalue weighted by atomic mass is 79.9. The molecule has 4 heteroatoms. The van der Waals surface area contributed by atoms with Gasteiger partial charge in [-0.15, -0.1) is 0 Å². The van der Waals surface area contributed by atoms with E-state index >= 15 is 0 Å². The van der Waals surface area contributed by atoms with Gasteiger partial charge in [-0.3, -0.25) is 0 Å². The third-order valence-electron chi connectivity index (χ3n) is 2.76. The summed E-state index contributed by atoms with van der Waals surface area (Å²) in [6.07, 6.45) is 0. The molecular weight excluding hydrogens is 272 g/mol. The van der Waals surface area contributed by atoms with Crippen LogP contribution in [0.15, 0.2) is 4.47 Å². The molecule has 0 atom stereocenters. The lowest BCUT2D eigenvalue weighted by molar-refractivity contribution is 0.0596. The number of methoxy groups -OCH3 is 2. The van der Waals surface area contributed by atoms with Crippen molar-refractivity contribution in [2.24, 2.45) is 0 Å². The van der Waals surface area contributed by atoms with Gasteiger partial charge in [-0.05, 0) is 37.5 Å². The normalized spacial score (nSPS) is 10.1. The fourth-order valence-corrected chi connectivity index (χ4v) is 2.18. The first-order valence-corrected chi connectivity index (χ1v) is 5.66. The zero-order valence-corrected chi connectivity index (χ0v) is 11.7. The van der Waals surface area contributed by atoms with Gasteiger partial charge in [0.2, 0.25) is 0 Å². The number of hydrogen-bond acceptors (Lipinski definition) is 3. The molecule has 0 bridgehead atoms. The quantitative estimate of drug-likeness (QED) is 0.784. The van der Waals surface area contributed by atoms with Gasteiger partial charge >= 0.3 is 5.97 Å². The zero-order chi connectivity index (χ0) is 12.5. The molecule has 88 valence electrons. The standard InChI is InChI=1S/C12H15BrO3/c1-6-7(2)11(15-4)9(12(14)16-5)8(3)10(6)13/h1-5H3. The van der Waals surface area contributed by atoms with E-state index in [4.69, 9.17) is 9.47 Å². The Morgan fingerprint density at radius 2 is 1.62 bits per heavy atom. The highest BCUT2D eigenvalue weighted by molar-refractivity contribution is 9.10. The second-order valence-electron chi connectivity index (χ2n) is 3.59. The Balaban J connectivity index is 3.64. The molecule has 0 spiro atoms. The van der Waals surface area contributed by atoms with Crippen LogP contribution in [0.2, 0.25) is 0 Å². The van der Waals surface area contributed by atoms with E-state index in [2.05, 4.69) is 15.9 Å². The summed E-state index contributed by atoms with van der Waals surface area (Å²) in [5, 5.41) is 0. The van der Waals surface area contributed by atoms with E-state index in [9.17, 15) is 4.79 Å². The van der Waals surface area contributed by atoms with Crippen LogP contribution in [0.1, 0.15) is 27.0 Å². The van der Waals surface area contributed by atoms with Crippen molar-refractivity contribution >= 4 is 21.9 Å². The Morgan fingerprint density at radius 3 is 2.06 bits per heavy atom. The Bertz CT molecular complexity index is 439. The fraction of sp³-hybridized carbons (Fsp3) is 0.417. The number of carbonyl (C=O) groups excluding carboxylic acids is 1. The summed E-state index contributed by atoms with van der Waals surface area (Å²) in [6, 6.07) is 0. The summed E-state index contributed by atoms with van der Waals surface area (Å²) in [6.45, 7) is 5.77. The number of benzene rings is 1. The van der Waals surface area contributed by atoms with Gasteiger partial charge in [0.1, 0.15) is 11.3 Å². The molecule has 3 nitrogen and oxygen atoms in total. The lowest BCUT2D eigenvalue weighted by Gasteiger charge is -2.17. The molecule has 0 fully saturated rings. The van der Waals surface area contributed by atoms with Gasteiger partial charge in [0.25, 0.3) is 0 Å². The van der Waals surface area contributed by atoms with E-state index in [-0.39, 0.29) is 5.97 Å². The largest absolute Gasteiger partial charge is 0.496 e. The summed E-state index contributed by atoms with van der Waals surface area (Å²) in [4.78, 5) is 11.7. The number of hydrogen-bond donors (Lipinski definition) is 0. The second-order valence-corrected chi connectivity index (χ2v) is 4.38. The number of halogens is 1. The predicted octanol–water partition coefficient (Wildman–Crippen LogP) is 3.17. The highest BCUT2D eigenvalue weighted by Crippen LogP contribution is 2.36. The molecule has 1 aromatic rings. The van der Waals surface area contributed by atoms with Crippen molar-refractivity contribution in [1.82, 2.24) is 0 Å². The van der Waals surface area contributed by atoms with Crippen molar-refractivity contribution in [3.8, 4) is 5.75 Å². The van der Waals surface area contributed by atoms with Crippen molar-refractivity contribution in [2.75, 3.05) is 14.2 Å². The molecule has 0 N–H and O–H groups in total. The maximum atomic E-state index is 11.7. The molecule has 0 unspecified atom stereocenters. The van der Waals surface area contributed by atoms with Crippen molar-refractivity contribution in [2.45, 2.75) is 20.8 Å². The zero-order valence-electron chi connectivity index (χ0n) is 10.1. The smallest absolute Gasteiger partial charge is 0.341 e. The van der Waals surface area contributed by atoms with E-state index in [1.54, 1.807) is 7.11 Å². The molecule has 0 aliphatic carbocycles. The summed E-state index contributed by atoms with van der Waals surface area (Å²) >= 11 is 3.48. The molecule has 0 aromatic heterocycles. The summed E-state index contributed by atoms with van der Waals surface area (Å²) in [7, 11) is 2.92. The topological polar surface area (TPSA) is 35.5 Å². The van der Waals surface area contributed by atoms with E-state index < -0.39 is 0 Å². The van der Waals surface area contributed by atoms with Crippen molar-refractivity contribution in [3.05, 3.63) is 26.7 Å². The average molecular weight is 287 g/mol. The Labute approximate surface area is 104 Å². The van der Waals surface area contributed by atoms with Gasteiger partial charge in [0, 0.05) is 4.47 Å². The lowest BCUT2D eigenvalue weighted by Crippen LogP contribution is -2.09. The Morgan fingerprint density at radius 1 is 1.06 bits per heavy atom. The molecule has 16 heavy (non-hydrogen) atoms. The van der Waals surface area contributed by atoms with Gasteiger partial charge < -0.3 is 9.47 Å². The minimum absolute atomic E-state index is 0.377. The monoisotopic (exact) mass is 286 g/mol. The first-order valence-electron chi connectivity index (χ1n) is 4.87. The summed E-state index contributed by atoms with van der Waals surface area (Å²) < 4.78 is 11.0. The third kappa shape index (κ3) is 1.94. The molecule has 0 aliphatic rings. The maximum absolute atomic E-state index is 11.7. The molecule has 0 saturated carbocycles. The predicted molar refractivity (Wildman–Crippen MR) is 66.2 cm³/mol. The summed E-state index contributed by atoms with van der Waals surface area (Å²) in [5.74, 6) is 0.211. The van der Waals surface area contributed by atoms with Gasteiger partial charge in [-0.25, -0.2) is 4.79 Å². The molecule has 0 heterocycles. The first-order chi connectivity index (χ1) is 7.45. The van der Waals surface area contributed by atoms with Crippen LogP contribution in [0.5, 0.6) is 5.75 Å². The van der Waals surface area contributed by atoms with Crippen LogP contribution in [-0.4, -0.2) is 20.2 Å². The SMILES string of the molecule is COC(=O)c1c(C)c(Br)c(C)c(C)c1OC. The highest BCUT2D eigenvalue weighted by Gasteiger charge is 2.22. The van der Waals surface area contributed by atoms with Crippen LogP contribution >= 0.6 is 15.9 Å². The van der Waals surface area contributed by atoms with Crippen LogP contribution in [0.4, 0.5) is 0 Å². The second kappa shape index (κ2) is 4.87. The van der Waals surface area contributed by atoms with Gasteiger partial charge in [0.15, 0.2) is 0 Å². The molecule has 1 aromatic carbocycles. The van der Waals surface area contributed by atoms with Gasteiger partial charge in [-0.2, -0.15) is 0 Å². The van der Waals surface area contributed by atoms with Crippen LogP contribution in [-0.2, 0) is 4.74 Å². The molecule has 0 radical (unpaired) electrons. The number of ether oxygens (including phenoxy) is 2. The number of rotatable bonds is 2. The molecule has 0 amide bonds. The first kappa shape index (κ1) is 13.0. The van der Waals surface area contributed by atoms with Gasteiger partial charge in [-0.1, -0.05) is 15.9 Å². The Kier molecular flexibility index (Phi) is 3.97. The minimum atomic E-state index is -0.377. The lowest BCUT2D eigenvalue weighted by atomic mass is 9.99. The maximum Gasteiger partial charge on any atom is 0.341 e. The van der Waals surface area contributed by atoms with E-state index in [1.807, 2.05) is 20.8 Å². The van der Waals surface area contributed by atoms with Crippen LogP contribution in [0.25, 0.3) is 0 Å². The molecule has 0 aliphatic heterocycles. The molecular formula is C12H15BrO3. The van der Waals surface area contributed by atoms with Crippen LogP contribution in [0.3, 0.4) is 0 Å². The third-order valence-corrected chi connectivity index (χ3v) is 3.95. The van der Waals surface area contributed by atoms with Crippen LogP contribution in [0, 0.1) is 20.8 Å². The van der Waals surface area contributed by atoms with Crippen molar-refractivity contribution in [1.29, 1.82) is 0 Å². The minimum Gasteiger partial charge on any atom is -0.496 e. The number of esters is 1. The fourth-order valence-electron chi connectivity index (χ4n) is 1.69. The molecule has 0 saturated heterocycles. The van der Waals surface area contributed by atoms with Gasteiger partial charge in [0.05, 0.1) is 14.2 Å². The average Bonchev–Trinajstić information content (AvgIpc) is 2.29. The van der Waals surface area contributed by atoms with Crippen LogP contribution < -0.4 is 4.74 Å². The Hall–Kier alpha value is -1.03. The van der Waals surface area contributed by atoms with Crippen molar-refractivity contribution in [3.63, 3.8) is 0 Å². The van der Waals surface area contributed by atoms with E-state index in [0.29, 0.717) is 11.3 Å². The number of carbonyl (C=O) groups is 1.